The van der Waals surface area contributed by atoms with Gasteiger partial charge in [-0.2, -0.15) is 0 Å². The number of amides is 3. The van der Waals surface area contributed by atoms with Crippen LogP contribution >= 0.6 is 0 Å². The van der Waals surface area contributed by atoms with Gasteiger partial charge in [-0.25, -0.2) is 13.6 Å². The van der Waals surface area contributed by atoms with Crippen LogP contribution in [0.25, 0.3) is 0 Å². The van der Waals surface area contributed by atoms with Crippen LogP contribution in [0.1, 0.15) is 17.2 Å². The van der Waals surface area contributed by atoms with Crippen LogP contribution in [0.15, 0.2) is 48.5 Å². The molecule has 148 valence electrons. The Kier molecular flexibility index (Phi) is 6.01. The summed E-state index contributed by atoms with van der Waals surface area (Å²) in [4.78, 5) is 26.0. The van der Waals surface area contributed by atoms with E-state index in [2.05, 4.69) is 0 Å². The summed E-state index contributed by atoms with van der Waals surface area (Å²) < 4.78 is 32.3. The number of aliphatic hydroxyl groups is 1. The summed E-state index contributed by atoms with van der Waals surface area (Å²) in [5, 5.41) is 10.3. The number of β-amino-alcohol motifs (C(OH)–C–C–N with tert-alkyl or cyclic N) is 1. The van der Waals surface area contributed by atoms with Crippen molar-refractivity contribution in [2.45, 2.75) is 12.2 Å². The fourth-order valence-electron chi connectivity index (χ4n) is 2.98. The second kappa shape index (κ2) is 8.45. The highest BCUT2D eigenvalue weighted by Gasteiger charge is 2.34. The fraction of sp³-hybridized carbons (Fsp3) is 0.300. The van der Waals surface area contributed by atoms with Crippen LogP contribution in [0.3, 0.4) is 0 Å². The zero-order valence-electron chi connectivity index (χ0n) is 15.2. The fourth-order valence-corrected chi connectivity index (χ4v) is 2.98. The molecule has 1 heterocycles. The van der Waals surface area contributed by atoms with Crippen LogP contribution in [0.5, 0.6) is 0 Å². The van der Waals surface area contributed by atoms with E-state index >= 15 is 0 Å². The molecule has 0 radical (unpaired) electrons. The molecule has 1 atom stereocenters. The summed E-state index contributed by atoms with van der Waals surface area (Å²) in [7, 11) is 1.50. The van der Waals surface area contributed by atoms with Crippen molar-refractivity contribution in [2.24, 2.45) is 0 Å². The number of hydrogen-bond acceptors (Lipinski definition) is 4. The Labute approximate surface area is 160 Å². The number of halogens is 2. The van der Waals surface area contributed by atoms with Crippen LogP contribution < -0.4 is 0 Å². The molecular weight excluding hydrogens is 370 g/mol. The maximum absolute atomic E-state index is 13.2. The maximum atomic E-state index is 13.2. The van der Waals surface area contributed by atoms with E-state index in [-0.39, 0.29) is 25.6 Å². The zero-order chi connectivity index (χ0) is 20.3. The number of urea groups is 1. The molecule has 2 aromatic rings. The monoisotopic (exact) mass is 390 g/mol. The number of aliphatic hydroxyl groups excluding tert-OH is 1. The molecule has 28 heavy (non-hydrogen) atoms. The molecule has 1 N–H and O–H groups in total. The quantitative estimate of drug-likeness (QED) is 0.737. The number of likely N-dealkylation sites (N-methyl/N-ethyl adjacent to an activating group) is 1. The van der Waals surface area contributed by atoms with E-state index in [9.17, 15) is 23.5 Å². The van der Waals surface area contributed by atoms with Gasteiger partial charge in [-0.1, -0.05) is 24.3 Å². The average molecular weight is 390 g/mol. The molecule has 8 heteroatoms. The first kappa shape index (κ1) is 19.9. The van der Waals surface area contributed by atoms with E-state index in [0.717, 1.165) is 4.90 Å². The minimum atomic E-state index is -1.11. The van der Waals surface area contributed by atoms with Crippen LogP contribution in [0.2, 0.25) is 0 Å². The van der Waals surface area contributed by atoms with Crippen LogP contribution in [0.4, 0.5) is 13.6 Å². The van der Waals surface area contributed by atoms with Crippen molar-refractivity contribution in [1.29, 1.82) is 0 Å². The Morgan fingerprint density at radius 2 is 1.50 bits per heavy atom. The second-order valence-electron chi connectivity index (χ2n) is 6.61. The van der Waals surface area contributed by atoms with Gasteiger partial charge in [0.1, 0.15) is 24.3 Å². The SMILES string of the molecule is CN1CC(=O)N(CC(O)COC(c2ccc(F)cc2)c2ccc(F)cc2)C1=O. The van der Waals surface area contributed by atoms with Gasteiger partial charge in [0.05, 0.1) is 19.3 Å². The van der Waals surface area contributed by atoms with Gasteiger partial charge in [0.15, 0.2) is 0 Å². The second-order valence-corrected chi connectivity index (χ2v) is 6.61. The molecular formula is C20H20F2N2O4. The first-order valence-corrected chi connectivity index (χ1v) is 8.71. The van der Waals surface area contributed by atoms with Gasteiger partial charge in [0.2, 0.25) is 5.91 Å². The molecule has 3 rings (SSSR count). The lowest BCUT2D eigenvalue weighted by atomic mass is 10.0. The van der Waals surface area contributed by atoms with E-state index in [1.54, 1.807) is 0 Å². The van der Waals surface area contributed by atoms with E-state index in [0.29, 0.717) is 11.1 Å². The Morgan fingerprint density at radius 1 is 1.00 bits per heavy atom. The Morgan fingerprint density at radius 3 is 1.93 bits per heavy atom. The molecule has 0 saturated carbocycles. The third kappa shape index (κ3) is 4.52. The lowest BCUT2D eigenvalue weighted by molar-refractivity contribution is -0.126. The third-order valence-electron chi connectivity index (χ3n) is 4.43. The van der Waals surface area contributed by atoms with Gasteiger partial charge in [0.25, 0.3) is 0 Å². The molecule has 2 aromatic carbocycles. The number of benzene rings is 2. The highest BCUT2D eigenvalue weighted by molar-refractivity contribution is 6.01. The third-order valence-corrected chi connectivity index (χ3v) is 4.43. The van der Waals surface area contributed by atoms with Crippen LogP contribution in [0, 0.1) is 11.6 Å². The van der Waals surface area contributed by atoms with Gasteiger partial charge >= 0.3 is 6.03 Å². The minimum Gasteiger partial charge on any atom is -0.389 e. The first-order valence-electron chi connectivity index (χ1n) is 8.71. The number of carbonyl (C=O) groups excluding carboxylic acids is 2. The Hall–Kier alpha value is -2.84. The molecule has 6 nitrogen and oxygen atoms in total. The number of nitrogens with zero attached hydrogens (tertiary/aromatic N) is 2. The molecule has 1 saturated heterocycles. The molecule has 0 aromatic heterocycles. The van der Waals surface area contributed by atoms with Crippen molar-refractivity contribution in [1.82, 2.24) is 9.80 Å². The van der Waals surface area contributed by atoms with Crippen LogP contribution in [-0.4, -0.2) is 59.7 Å². The summed E-state index contributed by atoms with van der Waals surface area (Å²) in [5.41, 5.74) is 1.24. The van der Waals surface area contributed by atoms with E-state index in [4.69, 9.17) is 4.74 Å². The van der Waals surface area contributed by atoms with Crippen molar-refractivity contribution in [3.63, 3.8) is 0 Å². The van der Waals surface area contributed by atoms with Crippen molar-refractivity contribution < 1.29 is 28.2 Å². The van der Waals surface area contributed by atoms with E-state index < -0.39 is 29.9 Å². The average Bonchev–Trinajstić information content (AvgIpc) is 2.90. The summed E-state index contributed by atoms with van der Waals surface area (Å²) in [6.07, 6.45) is -1.79. The molecule has 1 fully saturated rings. The Balaban J connectivity index is 1.71. The highest BCUT2D eigenvalue weighted by Crippen LogP contribution is 2.27. The molecule has 1 unspecified atom stereocenters. The van der Waals surface area contributed by atoms with Crippen molar-refractivity contribution in [2.75, 3.05) is 26.7 Å². The summed E-state index contributed by atoms with van der Waals surface area (Å²) >= 11 is 0. The topological polar surface area (TPSA) is 70.1 Å². The highest BCUT2D eigenvalue weighted by atomic mass is 19.1. The number of carbonyl (C=O) groups is 2. The van der Waals surface area contributed by atoms with Gasteiger partial charge in [-0.3, -0.25) is 9.69 Å². The van der Waals surface area contributed by atoms with E-state index in [1.807, 2.05) is 0 Å². The lowest BCUT2D eigenvalue weighted by Gasteiger charge is -2.23. The van der Waals surface area contributed by atoms with Gasteiger partial charge in [-0.05, 0) is 35.4 Å². The number of rotatable bonds is 7. The normalized spacial score (nSPS) is 15.6. The number of ether oxygens (including phenoxy) is 1. The van der Waals surface area contributed by atoms with Crippen molar-refractivity contribution >= 4 is 11.9 Å². The molecule has 0 spiro atoms. The Bertz CT molecular complexity index is 797. The predicted octanol–water partition coefficient (Wildman–Crippen LogP) is 2.33. The van der Waals surface area contributed by atoms with Crippen molar-refractivity contribution in [3.05, 3.63) is 71.3 Å². The lowest BCUT2D eigenvalue weighted by Crippen LogP contribution is -2.39. The summed E-state index contributed by atoms with van der Waals surface area (Å²) in [5.74, 6) is -1.20. The van der Waals surface area contributed by atoms with Gasteiger partial charge < -0.3 is 14.7 Å². The molecule has 0 aliphatic carbocycles. The maximum Gasteiger partial charge on any atom is 0.327 e. The molecule has 3 amide bonds. The standard InChI is InChI=1S/C20H20F2N2O4/c1-23-11-18(26)24(20(23)27)10-17(25)12-28-19(13-2-6-15(21)7-3-13)14-4-8-16(22)9-5-14/h2-9,17,19,25H,10-12H2,1H3. The molecule has 1 aliphatic heterocycles. The first-order chi connectivity index (χ1) is 13.3. The van der Waals surface area contributed by atoms with Crippen molar-refractivity contribution in [3.8, 4) is 0 Å². The number of imide groups is 1. The molecule has 0 bridgehead atoms. The van der Waals surface area contributed by atoms with Crippen LogP contribution in [-0.2, 0) is 9.53 Å². The summed E-state index contributed by atoms with van der Waals surface area (Å²) in [6.45, 7) is -0.401. The zero-order valence-corrected chi connectivity index (χ0v) is 15.2. The number of hydrogen-bond donors (Lipinski definition) is 1. The van der Waals surface area contributed by atoms with E-state index in [1.165, 1.54) is 60.5 Å². The largest absolute Gasteiger partial charge is 0.389 e. The minimum absolute atomic E-state index is 0.0276. The predicted molar refractivity (Wildman–Crippen MR) is 96.3 cm³/mol. The van der Waals surface area contributed by atoms with Gasteiger partial charge in [-0.15, -0.1) is 0 Å². The van der Waals surface area contributed by atoms with Gasteiger partial charge in [0, 0.05) is 7.05 Å². The summed E-state index contributed by atoms with van der Waals surface area (Å²) in [6, 6.07) is 10.8. The smallest absolute Gasteiger partial charge is 0.327 e. The molecule has 1 aliphatic rings.